The molecule has 0 fully saturated rings. The monoisotopic (exact) mass is 654 g/mol. The lowest BCUT2D eigenvalue weighted by atomic mass is 10.00. The summed E-state index contributed by atoms with van der Waals surface area (Å²) in [5, 5.41) is 0. The third kappa shape index (κ3) is 7.02. The summed E-state index contributed by atoms with van der Waals surface area (Å²) in [6, 6.07) is 8.28. The van der Waals surface area contributed by atoms with Crippen LogP contribution in [0.25, 0.3) is 44.4 Å². The van der Waals surface area contributed by atoms with Gasteiger partial charge in [0.2, 0.25) is 0 Å². The molecule has 2 aliphatic rings. The molecule has 0 saturated heterocycles. The minimum absolute atomic E-state index is 0.283. The normalized spacial score (nSPS) is 12.8. The van der Waals surface area contributed by atoms with Crippen molar-refractivity contribution >= 4 is 56.3 Å². The lowest BCUT2D eigenvalue weighted by Gasteiger charge is -2.06. The molecule has 0 radical (unpaired) electrons. The summed E-state index contributed by atoms with van der Waals surface area (Å²) >= 11 is 0. The number of esters is 2. The summed E-state index contributed by atoms with van der Waals surface area (Å²) in [6.45, 7) is 12.1. The number of hydrogen-bond acceptors (Lipinski definition) is 8. The van der Waals surface area contributed by atoms with Crippen LogP contribution in [-0.2, 0) is 31.9 Å². The van der Waals surface area contributed by atoms with E-state index >= 15 is 0 Å². The largest absolute Gasteiger partial charge is 0.491 e. The molecular formula is C38H46N4O6. The Hall–Kier alpha value is -4.86. The number of nitrogens with one attached hydrogen (secondary N) is 2. The van der Waals surface area contributed by atoms with E-state index in [1.807, 2.05) is 12.1 Å². The van der Waals surface area contributed by atoms with Crippen LogP contribution in [0.2, 0.25) is 0 Å². The molecule has 2 N–H and O–H groups in total. The Morgan fingerprint density at radius 2 is 1.00 bits per heavy atom. The first kappa shape index (κ1) is 34.5. The lowest BCUT2D eigenvalue weighted by Crippen LogP contribution is -2.00. The van der Waals surface area contributed by atoms with Crippen LogP contribution in [-0.4, -0.2) is 59.3 Å². The first-order valence-corrected chi connectivity index (χ1v) is 16.7. The predicted molar refractivity (Wildman–Crippen MR) is 190 cm³/mol. The summed E-state index contributed by atoms with van der Waals surface area (Å²) in [5.74, 6) is 0.582. The molecule has 0 saturated carbocycles. The number of fused-ring (bicyclic) bond motifs is 8. The second kappa shape index (κ2) is 14.9. The quantitative estimate of drug-likeness (QED) is 0.149. The Balaban J connectivity index is 1.82. The topological polar surface area (TPSA) is 128 Å². The molecule has 0 aromatic carbocycles. The highest BCUT2D eigenvalue weighted by Gasteiger charge is 2.22. The Morgan fingerprint density at radius 1 is 0.625 bits per heavy atom. The average molecular weight is 655 g/mol. The SMILES string of the molecule is CCc1c(CC)c2cc3nc(cc4[nH]c(cc5nc(cc1[nH]2)C(CCCOC(C)=O)=C5C)c(OC)c4OC)C(C)=C3CCCOC(C)=O. The van der Waals surface area contributed by atoms with Gasteiger partial charge < -0.3 is 28.9 Å². The number of rotatable bonds is 12. The molecular weight excluding hydrogens is 608 g/mol. The number of H-pyrrole nitrogens is 2. The zero-order chi connectivity index (χ0) is 34.5. The van der Waals surface area contributed by atoms with Crippen molar-refractivity contribution in [2.24, 2.45) is 0 Å². The van der Waals surface area contributed by atoms with E-state index in [4.69, 9.17) is 28.9 Å². The molecule has 48 heavy (non-hydrogen) atoms. The van der Waals surface area contributed by atoms with Crippen molar-refractivity contribution in [3.63, 3.8) is 0 Å². The minimum atomic E-state index is -0.283. The van der Waals surface area contributed by atoms with Gasteiger partial charge in [-0.05, 0) is 110 Å². The number of methoxy groups -OCH3 is 2. The number of hydrogen-bond donors (Lipinski definition) is 2. The highest BCUT2D eigenvalue weighted by Crippen LogP contribution is 2.41. The Bertz CT molecular complexity index is 1830. The molecule has 254 valence electrons. The Morgan fingerprint density at radius 3 is 1.35 bits per heavy atom. The maximum absolute atomic E-state index is 11.4. The average Bonchev–Trinajstić information content (AvgIpc) is 3.74. The lowest BCUT2D eigenvalue weighted by molar-refractivity contribution is -0.141. The zero-order valence-corrected chi connectivity index (χ0v) is 29.3. The predicted octanol–water partition coefficient (Wildman–Crippen LogP) is 8.00. The van der Waals surface area contributed by atoms with Gasteiger partial charge >= 0.3 is 11.9 Å². The van der Waals surface area contributed by atoms with Gasteiger partial charge in [0.05, 0.1) is 61.2 Å². The van der Waals surface area contributed by atoms with Crippen molar-refractivity contribution in [2.45, 2.75) is 80.1 Å². The number of allylic oxidation sites excluding steroid dienone is 4. The van der Waals surface area contributed by atoms with Gasteiger partial charge in [0.25, 0.3) is 0 Å². The molecule has 0 spiro atoms. The highest BCUT2D eigenvalue weighted by atomic mass is 16.5. The minimum Gasteiger partial charge on any atom is -0.491 e. The van der Waals surface area contributed by atoms with E-state index in [1.54, 1.807) is 14.2 Å². The molecule has 2 aliphatic heterocycles. The molecule has 0 unspecified atom stereocenters. The van der Waals surface area contributed by atoms with Crippen LogP contribution >= 0.6 is 0 Å². The summed E-state index contributed by atoms with van der Waals surface area (Å²) in [6.07, 6.45) is 4.47. The smallest absolute Gasteiger partial charge is 0.302 e. The van der Waals surface area contributed by atoms with E-state index in [1.165, 1.54) is 25.0 Å². The van der Waals surface area contributed by atoms with Crippen LogP contribution in [0, 0.1) is 0 Å². The second-order valence-corrected chi connectivity index (χ2v) is 12.1. The number of ether oxygens (including phenoxy) is 4. The van der Waals surface area contributed by atoms with Crippen molar-refractivity contribution < 1.29 is 28.5 Å². The first-order valence-electron chi connectivity index (χ1n) is 16.7. The maximum atomic E-state index is 11.4. The molecule has 10 heteroatoms. The molecule has 0 amide bonds. The fourth-order valence-electron chi connectivity index (χ4n) is 6.67. The fraction of sp³-hybridized carbons (Fsp3) is 0.421. The number of nitrogens with zero attached hydrogens (tertiary/aromatic N) is 2. The van der Waals surface area contributed by atoms with Gasteiger partial charge in [-0.3, -0.25) is 9.59 Å². The molecule has 3 aromatic rings. The van der Waals surface area contributed by atoms with E-state index < -0.39 is 0 Å². The van der Waals surface area contributed by atoms with Crippen molar-refractivity contribution in [1.29, 1.82) is 0 Å². The summed E-state index contributed by atoms with van der Waals surface area (Å²) in [7, 11) is 3.25. The van der Waals surface area contributed by atoms with E-state index in [-0.39, 0.29) is 11.9 Å². The van der Waals surface area contributed by atoms with Crippen molar-refractivity contribution in [3.05, 3.63) is 58.2 Å². The number of aromatic amines is 2. The Labute approximate surface area is 281 Å². The third-order valence-electron chi connectivity index (χ3n) is 9.02. The van der Waals surface area contributed by atoms with E-state index in [0.29, 0.717) is 50.4 Å². The second-order valence-electron chi connectivity index (χ2n) is 12.1. The van der Waals surface area contributed by atoms with E-state index in [2.05, 4.69) is 49.8 Å². The van der Waals surface area contributed by atoms with Crippen molar-refractivity contribution in [1.82, 2.24) is 19.9 Å². The number of aromatic nitrogens is 4. The van der Waals surface area contributed by atoms with Crippen molar-refractivity contribution in [2.75, 3.05) is 27.4 Å². The summed E-state index contributed by atoms with van der Waals surface area (Å²) in [4.78, 5) is 40.4. The van der Waals surface area contributed by atoms with Crippen LogP contribution in [0.4, 0.5) is 0 Å². The number of carbonyl (C=O) groups is 2. The standard InChI is InChI=1S/C38H46N4O6/c1-9-25-26(10-2)32-20-34-28(14-12-16-48-24(6)44)22(4)30(40-34)18-36-38(46-8)37(45-7)35(42-36)17-29-21(3)27(13-11-15-47-23(5)43)33(39-29)19-31(25)41-32/h17-20,41-42H,9-16H2,1-8H3. The van der Waals surface area contributed by atoms with Gasteiger partial charge in [0.1, 0.15) is 0 Å². The van der Waals surface area contributed by atoms with E-state index in [9.17, 15) is 9.59 Å². The fourth-order valence-corrected chi connectivity index (χ4v) is 6.67. The zero-order valence-electron chi connectivity index (χ0n) is 29.3. The molecule has 0 atom stereocenters. The molecule has 0 aliphatic carbocycles. The van der Waals surface area contributed by atoms with Crippen LogP contribution in [0.3, 0.4) is 0 Å². The third-order valence-corrected chi connectivity index (χ3v) is 9.02. The maximum Gasteiger partial charge on any atom is 0.302 e. The van der Waals surface area contributed by atoms with E-state index in [0.717, 1.165) is 80.0 Å². The summed E-state index contributed by atoms with van der Waals surface area (Å²) < 4.78 is 22.2. The van der Waals surface area contributed by atoms with Crippen LogP contribution < -0.4 is 9.47 Å². The number of aryl methyl sites for hydroxylation is 2. The van der Waals surface area contributed by atoms with Gasteiger partial charge in [-0.2, -0.15) is 0 Å². The van der Waals surface area contributed by atoms with Crippen LogP contribution in [0.1, 0.15) is 101 Å². The van der Waals surface area contributed by atoms with Gasteiger partial charge in [0.15, 0.2) is 11.5 Å². The first-order chi connectivity index (χ1) is 23.1. The Kier molecular flexibility index (Phi) is 10.7. The molecule has 5 rings (SSSR count). The van der Waals surface area contributed by atoms with Gasteiger partial charge in [-0.25, -0.2) is 9.97 Å². The summed E-state index contributed by atoms with van der Waals surface area (Å²) in [5.41, 5.74) is 13.7. The van der Waals surface area contributed by atoms with Gasteiger partial charge in [0, 0.05) is 24.9 Å². The number of carbonyl (C=O) groups excluding carboxylic acids is 2. The van der Waals surface area contributed by atoms with Crippen LogP contribution in [0.15, 0.2) is 24.3 Å². The van der Waals surface area contributed by atoms with Gasteiger partial charge in [-0.1, -0.05) is 13.8 Å². The van der Waals surface area contributed by atoms with Gasteiger partial charge in [-0.15, -0.1) is 0 Å². The van der Waals surface area contributed by atoms with Crippen LogP contribution in [0.5, 0.6) is 11.5 Å². The molecule has 8 bridgehead atoms. The molecule has 3 aromatic heterocycles. The highest BCUT2D eigenvalue weighted by molar-refractivity contribution is 5.95. The molecule has 10 nitrogen and oxygen atoms in total. The van der Waals surface area contributed by atoms with Crippen molar-refractivity contribution in [3.8, 4) is 11.5 Å². The molecule has 5 heterocycles.